The largest absolute Gasteiger partial charge is 0.351 e. The van der Waals surface area contributed by atoms with E-state index in [4.69, 9.17) is 0 Å². The van der Waals surface area contributed by atoms with Crippen molar-refractivity contribution in [3.05, 3.63) is 36.0 Å². The fraction of sp³-hybridized carbons (Fsp3) is 0.438. The molecule has 0 radical (unpaired) electrons. The van der Waals surface area contributed by atoms with Crippen LogP contribution in [0.2, 0.25) is 0 Å². The molecule has 1 heterocycles. The van der Waals surface area contributed by atoms with Crippen LogP contribution in [0, 0.1) is 0 Å². The van der Waals surface area contributed by atoms with Crippen molar-refractivity contribution in [3.63, 3.8) is 0 Å². The minimum atomic E-state index is -0.0264. The highest BCUT2D eigenvalue weighted by Gasteiger charge is 2.25. The standard InChI is InChI=1S/C16H22N2OS/c1-4-16(5-2,20-3)11-17-15(19)14-10-12-8-6-7-9-13(12)18-14/h6-10,18H,4-5,11H2,1-3H3,(H,17,19). The summed E-state index contributed by atoms with van der Waals surface area (Å²) in [4.78, 5) is 15.4. The molecular weight excluding hydrogens is 268 g/mol. The molecule has 0 aliphatic rings. The Balaban J connectivity index is 2.08. The van der Waals surface area contributed by atoms with Crippen LogP contribution in [0.5, 0.6) is 0 Å². The van der Waals surface area contributed by atoms with Crippen molar-refractivity contribution in [1.29, 1.82) is 0 Å². The summed E-state index contributed by atoms with van der Waals surface area (Å²) in [6, 6.07) is 9.84. The molecule has 0 aliphatic carbocycles. The highest BCUT2D eigenvalue weighted by molar-refractivity contribution is 8.00. The number of aromatic amines is 1. The van der Waals surface area contributed by atoms with E-state index in [9.17, 15) is 4.79 Å². The van der Waals surface area contributed by atoms with Crippen molar-refractivity contribution in [3.8, 4) is 0 Å². The zero-order valence-corrected chi connectivity index (χ0v) is 13.1. The van der Waals surface area contributed by atoms with Crippen LogP contribution in [-0.2, 0) is 0 Å². The molecule has 2 aromatic rings. The summed E-state index contributed by atoms with van der Waals surface area (Å²) in [6.07, 6.45) is 4.22. The van der Waals surface area contributed by atoms with Gasteiger partial charge in [0.05, 0.1) is 0 Å². The van der Waals surface area contributed by atoms with Crippen LogP contribution < -0.4 is 5.32 Å². The van der Waals surface area contributed by atoms with Crippen LogP contribution in [0.3, 0.4) is 0 Å². The second kappa shape index (κ2) is 6.35. The fourth-order valence-electron chi connectivity index (χ4n) is 2.39. The second-order valence-electron chi connectivity index (χ2n) is 5.05. The number of para-hydroxylation sites is 1. The summed E-state index contributed by atoms with van der Waals surface area (Å²) in [6.45, 7) is 5.06. The lowest BCUT2D eigenvalue weighted by Crippen LogP contribution is -2.39. The maximum atomic E-state index is 12.3. The van der Waals surface area contributed by atoms with Crippen LogP contribution in [0.4, 0.5) is 0 Å². The minimum absolute atomic E-state index is 0.0264. The number of amides is 1. The van der Waals surface area contributed by atoms with Crippen molar-refractivity contribution >= 4 is 28.6 Å². The number of carbonyl (C=O) groups is 1. The van der Waals surface area contributed by atoms with Crippen molar-refractivity contribution in [2.45, 2.75) is 31.4 Å². The van der Waals surface area contributed by atoms with Gasteiger partial charge in [-0.2, -0.15) is 11.8 Å². The maximum Gasteiger partial charge on any atom is 0.267 e. The van der Waals surface area contributed by atoms with E-state index in [1.165, 1.54) is 0 Å². The van der Waals surface area contributed by atoms with Gasteiger partial charge in [0.25, 0.3) is 5.91 Å². The molecule has 0 spiro atoms. The summed E-state index contributed by atoms with van der Waals surface area (Å²) in [5, 5.41) is 4.13. The number of rotatable bonds is 6. The first kappa shape index (κ1) is 15.0. The molecule has 3 nitrogen and oxygen atoms in total. The van der Waals surface area contributed by atoms with E-state index in [1.807, 2.05) is 42.1 Å². The number of carbonyl (C=O) groups excluding carboxylic acids is 1. The number of benzene rings is 1. The second-order valence-corrected chi connectivity index (χ2v) is 6.32. The number of nitrogens with one attached hydrogen (secondary N) is 2. The Morgan fingerprint density at radius 2 is 2.00 bits per heavy atom. The average Bonchev–Trinajstić information content (AvgIpc) is 2.93. The molecule has 1 aromatic heterocycles. The lowest BCUT2D eigenvalue weighted by Gasteiger charge is -2.29. The van der Waals surface area contributed by atoms with E-state index < -0.39 is 0 Å². The summed E-state index contributed by atoms with van der Waals surface area (Å²) in [5.74, 6) is -0.0264. The summed E-state index contributed by atoms with van der Waals surface area (Å²) >= 11 is 1.83. The Kier molecular flexibility index (Phi) is 4.76. The van der Waals surface area contributed by atoms with E-state index in [1.54, 1.807) is 0 Å². The van der Waals surface area contributed by atoms with E-state index >= 15 is 0 Å². The van der Waals surface area contributed by atoms with E-state index in [0.717, 1.165) is 23.7 Å². The molecule has 2 N–H and O–H groups in total. The quantitative estimate of drug-likeness (QED) is 0.849. The molecule has 1 aromatic carbocycles. The van der Waals surface area contributed by atoms with Crippen LogP contribution in [0.1, 0.15) is 37.2 Å². The smallest absolute Gasteiger partial charge is 0.267 e. The van der Waals surface area contributed by atoms with Crippen LogP contribution in [-0.4, -0.2) is 28.4 Å². The number of aromatic nitrogens is 1. The predicted molar refractivity (Wildman–Crippen MR) is 87.5 cm³/mol. The third-order valence-corrected chi connectivity index (χ3v) is 5.66. The number of fused-ring (bicyclic) bond motifs is 1. The lowest BCUT2D eigenvalue weighted by atomic mass is 10.0. The molecular formula is C16H22N2OS. The van der Waals surface area contributed by atoms with Gasteiger partial charge in [-0.3, -0.25) is 4.79 Å². The molecule has 4 heteroatoms. The first-order chi connectivity index (χ1) is 9.64. The van der Waals surface area contributed by atoms with Gasteiger partial charge in [0.1, 0.15) is 5.69 Å². The molecule has 108 valence electrons. The van der Waals surface area contributed by atoms with Gasteiger partial charge >= 0.3 is 0 Å². The molecule has 1 amide bonds. The molecule has 0 atom stereocenters. The first-order valence-corrected chi connectivity index (χ1v) is 8.27. The zero-order chi connectivity index (χ0) is 14.6. The highest BCUT2D eigenvalue weighted by atomic mass is 32.2. The number of hydrogen-bond donors (Lipinski definition) is 2. The molecule has 0 bridgehead atoms. The number of hydrogen-bond acceptors (Lipinski definition) is 2. The van der Waals surface area contributed by atoms with Crippen LogP contribution in [0.25, 0.3) is 10.9 Å². The van der Waals surface area contributed by atoms with Gasteiger partial charge in [0, 0.05) is 22.2 Å². The van der Waals surface area contributed by atoms with Gasteiger partial charge in [0.2, 0.25) is 0 Å². The topological polar surface area (TPSA) is 44.9 Å². The number of H-pyrrole nitrogens is 1. The fourth-order valence-corrected chi connectivity index (χ4v) is 3.19. The van der Waals surface area contributed by atoms with Crippen LogP contribution >= 0.6 is 11.8 Å². The van der Waals surface area contributed by atoms with Crippen molar-refractivity contribution in [2.24, 2.45) is 0 Å². The van der Waals surface area contributed by atoms with E-state index in [-0.39, 0.29) is 10.7 Å². The molecule has 0 aliphatic heterocycles. The summed E-state index contributed by atoms with van der Waals surface area (Å²) in [5.41, 5.74) is 1.63. The Morgan fingerprint density at radius 1 is 1.30 bits per heavy atom. The lowest BCUT2D eigenvalue weighted by molar-refractivity contribution is 0.0945. The minimum Gasteiger partial charge on any atom is -0.351 e. The Hall–Kier alpha value is -1.42. The Morgan fingerprint density at radius 3 is 2.60 bits per heavy atom. The van der Waals surface area contributed by atoms with Gasteiger partial charge in [-0.15, -0.1) is 0 Å². The van der Waals surface area contributed by atoms with Crippen molar-refractivity contribution in [2.75, 3.05) is 12.8 Å². The highest BCUT2D eigenvalue weighted by Crippen LogP contribution is 2.29. The van der Waals surface area contributed by atoms with Crippen molar-refractivity contribution < 1.29 is 4.79 Å². The molecule has 0 saturated carbocycles. The first-order valence-electron chi connectivity index (χ1n) is 7.05. The monoisotopic (exact) mass is 290 g/mol. The van der Waals surface area contributed by atoms with Crippen molar-refractivity contribution in [1.82, 2.24) is 10.3 Å². The SMILES string of the molecule is CCC(CC)(CNC(=O)c1cc2ccccc2[nH]1)SC. The Bertz CT molecular complexity index is 546. The maximum absolute atomic E-state index is 12.3. The van der Waals surface area contributed by atoms with Gasteiger partial charge in [0.15, 0.2) is 0 Å². The summed E-state index contributed by atoms with van der Waals surface area (Å²) < 4.78 is 0.141. The molecule has 0 saturated heterocycles. The van der Waals surface area contributed by atoms with E-state index in [0.29, 0.717) is 12.2 Å². The predicted octanol–water partition coefficient (Wildman–Crippen LogP) is 3.82. The van der Waals surface area contributed by atoms with Gasteiger partial charge in [-0.1, -0.05) is 32.0 Å². The van der Waals surface area contributed by atoms with Gasteiger partial charge in [-0.25, -0.2) is 0 Å². The third kappa shape index (κ3) is 3.01. The Labute approximate surface area is 124 Å². The zero-order valence-electron chi connectivity index (χ0n) is 12.3. The molecule has 0 unspecified atom stereocenters. The molecule has 2 rings (SSSR count). The van der Waals surface area contributed by atoms with Gasteiger partial charge < -0.3 is 10.3 Å². The van der Waals surface area contributed by atoms with E-state index in [2.05, 4.69) is 30.4 Å². The molecule has 20 heavy (non-hydrogen) atoms. The van der Waals surface area contributed by atoms with Gasteiger partial charge in [-0.05, 0) is 31.2 Å². The summed E-state index contributed by atoms with van der Waals surface area (Å²) in [7, 11) is 0. The number of thioether (sulfide) groups is 1. The average molecular weight is 290 g/mol. The van der Waals surface area contributed by atoms with Crippen LogP contribution in [0.15, 0.2) is 30.3 Å². The normalized spacial score (nSPS) is 11.8. The molecule has 0 fully saturated rings. The third-order valence-electron chi connectivity index (χ3n) is 4.07.